The zero-order chi connectivity index (χ0) is 25.9. The fourth-order valence-corrected chi connectivity index (χ4v) is 4.97. The molecule has 0 unspecified atom stereocenters. The number of unbranched alkanes of at least 4 members (excludes halogenated alkanes) is 1. The number of hydrogen-bond donors (Lipinski definition) is 4. The fourth-order valence-electron chi connectivity index (χ4n) is 3.58. The van der Waals surface area contributed by atoms with Crippen molar-refractivity contribution in [2.45, 2.75) is 64.5 Å². The molecule has 34 heavy (non-hydrogen) atoms. The molecule has 0 aromatic carbocycles. The molecule has 196 valence electrons. The number of rotatable bonds is 14. The second-order valence-corrected chi connectivity index (χ2v) is 10.7. The van der Waals surface area contributed by atoms with Gasteiger partial charge in [-0.2, -0.15) is 4.72 Å². The lowest BCUT2D eigenvalue weighted by Gasteiger charge is -2.28. The van der Waals surface area contributed by atoms with Crippen LogP contribution in [0, 0.1) is 5.92 Å². The molecule has 0 radical (unpaired) electrons. The Morgan fingerprint density at radius 1 is 1.18 bits per heavy atom. The van der Waals surface area contributed by atoms with Crippen molar-refractivity contribution in [3.8, 4) is 0 Å². The van der Waals surface area contributed by atoms with E-state index < -0.39 is 58.9 Å². The van der Waals surface area contributed by atoms with Gasteiger partial charge in [-0.3, -0.25) is 24.1 Å². The predicted octanol–water partition coefficient (Wildman–Crippen LogP) is -0.900. The van der Waals surface area contributed by atoms with Crippen molar-refractivity contribution in [2.75, 3.05) is 39.0 Å². The Morgan fingerprint density at radius 2 is 1.79 bits per heavy atom. The van der Waals surface area contributed by atoms with E-state index >= 15 is 0 Å². The van der Waals surface area contributed by atoms with Crippen LogP contribution in [0.15, 0.2) is 0 Å². The van der Waals surface area contributed by atoms with Gasteiger partial charge < -0.3 is 21.1 Å². The van der Waals surface area contributed by atoms with Crippen LogP contribution < -0.4 is 15.8 Å². The first-order chi connectivity index (χ1) is 15.9. The summed E-state index contributed by atoms with van der Waals surface area (Å²) < 4.78 is 26.3. The number of carbonyl (C=O) groups excluding carboxylic acids is 3. The third-order valence-electron chi connectivity index (χ3n) is 5.74. The maximum atomic E-state index is 12.8. The number of likely N-dealkylation sites (N-methyl/N-ethyl adjacent to an activating group) is 1. The number of nitrogens with two attached hydrogens (primary N) is 1. The number of carboxylic acids is 1. The lowest BCUT2D eigenvalue weighted by Crippen LogP contribution is -2.53. The number of piperidine rings is 1. The van der Waals surface area contributed by atoms with Gasteiger partial charge in [0, 0.05) is 20.0 Å². The molecule has 0 spiro atoms. The molecule has 1 aliphatic heterocycles. The van der Waals surface area contributed by atoms with Crippen LogP contribution in [-0.2, 0) is 29.2 Å². The van der Waals surface area contributed by atoms with Crippen LogP contribution in [0.25, 0.3) is 0 Å². The summed E-state index contributed by atoms with van der Waals surface area (Å²) in [5.41, 5.74) is 5.66. The van der Waals surface area contributed by atoms with E-state index in [1.165, 1.54) is 14.0 Å². The van der Waals surface area contributed by atoms with Gasteiger partial charge >= 0.3 is 5.97 Å². The molecule has 0 aliphatic carbocycles. The highest BCUT2D eigenvalue weighted by Gasteiger charge is 2.31. The highest BCUT2D eigenvalue weighted by molar-refractivity contribution is 7.89. The maximum Gasteiger partial charge on any atom is 0.323 e. The Hall–Kier alpha value is -2.09. The van der Waals surface area contributed by atoms with Crippen molar-refractivity contribution in [3.05, 3.63) is 0 Å². The topological polar surface area (TPSA) is 179 Å². The van der Waals surface area contributed by atoms with Crippen LogP contribution >= 0.6 is 0 Å². The standard InChI is InChI=1S/C21H39N5O7S/c1-4-5-12-34(32,33)24-17(21(30)31)13-25(3)19(28)14-26(20(29)15(2)22)18(27)7-6-16-8-10-23-11-9-16/h15-17,23-24H,4-14,22H2,1-3H3,(H,30,31)/t15-,17-/m0/s1. The summed E-state index contributed by atoms with van der Waals surface area (Å²) in [4.78, 5) is 51.4. The van der Waals surface area contributed by atoms with Crippen molar-refractivity contribution >= 4 is 33.7 Å². The number of carbonyl (C=O) groups is 4. The quantitative estimate of drug-likeness (QED) is 0.233. The Balaban J connectivity index is 2.81. The minimum atomic E-state index is -3.85. The van der Waals surface area contributed by atoms with E-state index in [0.717, 1.165) is 35.7 Å². The number of imide groups is 1. The molecule has 0 aromatic rings. The molecule has 5 N–H and O–H groups in total. The SMILES string of the molecule is CCCCS(=O)(=O)N[C@@H](CN(C)C(=O)CN(C(=O)CCC1CCNCC1)C(=O)[C@H](C)N)C(=O)O. The number of aliphatic carboxylic acids is 1. The number of carboxylic acid groups (broad SMARTS) is 1. The zero-order valence-electron chi connectivity index (χ0n) is 20.3. The van der Waals surface area contributed by atoms with Gasteiger partial charge in [0.25, 0.3) is 0 Å². The number of amides is 3. The van der Waals surface area contributed by atoms with Gasteiger partial charge in [-0.05, 0) is 51.6 Å². The van der Waals surface area contributed by atoms with Gasteiger partial charge in [0.15, 0.2) is 0 Å². The van der Waals surface area contributed by atoms with Crippen molar-refractivity contribution in [1.29, 1.82) is 0 Å². The lowest BCUT2D eigenvalue weighted by molar-refractivity contribution is -0.151. The predicted molar refractivity (Wildman–Crippen MR) is 126 cm³/mol. The van der Waals surface area contributed by atoms with E-state index in [-0.39, 0.29) is 12.2 Å². The average molecular weight is 506 g/mol. The number of hydrogen-bond acceptors (Lipinski definition) is 8. The van der Waals surface area contributed by atoms with Crippen LogP contribution in [0.1, 0.15) is 52.4 Å². The summed E-state index contributed by atoms with van der Waals surface area (Å²) in [5.74, 6) is -3.24. The highest BCUT2D eigenvalue weighted by atomic mass is 32.2. The molecule has 1 saturated heterocycles. The van der Waals surface area contributed by atoms with E-state index in [1.807, 2.05) is 0 Å². The maximum absolute atomic E-state index is 12.8. The smallest absolute Gasteiger partial charge is 0.323 e. The largest absolute Gasteiger partial charge is 0.480 e. The summed E-state index contributed by atoms with van der Waals surface area (Å²) >= 11 is 0. The van der Waals surface area contributed by atoms with E-state index in [9.17, 15) is 32.7 Å². The second kappa shape index (κ2) is 14.3. The fraction of sp³-hybridized carbons (Fsp3) is 0.810. The summed E-state index contributed by atoms with van der Waals surface area (Å²) in [6.45, 7) is 3.89. The van der Waals surface area contributed by atoms with E-state index in [0.29, 0.717) is 25.2 Å². The van der Waals surface area contributed by atoms with E-state index in [1.54, 1.807) is 6.92 Å². The molecule has 1 rings (SSSR count). The number of nitrogens with one attached hydrogen (secondary N) is 2. The molecule has 2 atom stereocenters. The van der Waals surface area contributed by atoms with Gasteiger partial charge in [0.05, 0.1) is 11.8 Å². The molecular weight excluding hydrogens is 466 g/mol. The van der Waals surface area contributed by atoms with Gasteiger partial charge in [-0.25, -0.2) is 8.42 Å². The number of sulfonamides is 1. The van der Waals surface area contributed by atoms with Crippen LogP contribution in [0.5, 0.6) is 0 Å². The first-order valence-corrected chi connectivity index (χ1v) is 13.3. The molecule has 3 amide bonds. The molecule has 0 saturated carbocycles. The van der Waals surface area contributed by atoms with Gasteiger partial charge in [-0.1, -0.05) is 13.3 Å². The molecule has 1 aliphatic rings. The molecular formula is C21H39N5O7S. The van der Waals surface area contributed by atoms with Gasteiger partial charge in [0.2, 0.25) is 27.7 Å². The van der Waals surface area contributed by atoms with Crippen molar-refractivity contribution in [1.82, 2.24) is 19.8 Å². The Morgan fingerprint density at radius 3 is 2.32 bits per heavy atom. The molecule has 0 aromatic heterocycles. The van der Waals surface area contributed by atoms with Crippen molar-refractivity contribution < 1.29 is 32.7 Å². The van der Waals surface area contributed by atoms with Crippen LogP contribution in [0.4, 0.5) is 0 Å². The van der Waals surface area contributed by atoms with Gasteiger partial charge in [0.1, 0.15) is 12.6 Å². The molecule has 1 fully saturated rings. The molecule has 0 bridgehead atoms. The van der Waals surface area contributed by atoms with E-state index in [2.05, 4.69) is 10.0 Å². The zero-order valence-corrected chi connectivity index (χ0v) is 21.1. The minimum Gasteiger partial charge on any atom is -0.480 e. The first-order valence-electron chi connectivity index (χ1n) is 11.6. The van der Waals surface area contributed by atoms with E-state index in [4.69, 9.17) is 5.73 Å². The van der Waals surface area contributed by atoms with Crippen LogP contribution in [0.3, 0.4) is 0 Å². The normalized spacial score (nSPS) is 16.5. The first kappa shape index (κ1) is 29.9. The number of nitrogens with zero attached hydrogens (tertiary/aromatic N) is 2. The van der Waals surface area contributed by atoms with Gasteiger partial charge in [-0.15, -0.1) is 0 Å². The van der Waals surface area contributed by atoms with Crippen LogP contribution in [-0.4, -0.2) is 98.1 Å². The Labute approximate surface area is 201 Å². The molecule has 13 heteroatoms. The third-order valence-corrected chi connectivity index (χ3v) is 7.21. The summed E-state index contributed by atoms with van der Waals surface area (Å²) in [7, 11) is -2.56. The Kier molecular flexibility index (Phi) is 12.6. The van der Waals surface area contributed by atoms with Crippen molar-refractivity contribution in [3.63, 3.8) is 0 Å². The summed E-state index contributed by atoms with van der Waals surface area (Å²) in [6.07, 6.45) is 3.53. The summed E-state index contributed by atoms with van der Waals surface area (Å²) in [6, 6.07) is -2.57. The molecule has 12 nitrogen and oxygen atoms in total. The highest BCUT2D eigenvalue weighted by Crippen LogP contribution is 2.18. The third kappa shape index (κ3) is 10.5. The molecule has 1 heterocycles. The lowest BCUT2D eigenvalue weighted by atomic mass is 9.93. The van der Waals surface area contributed by atoms with Crippen LogP contribution in [0.2, 0.25) is 0 Å². The minimum absolute atomic E-state index is 0.0924. The summed E-state index contributed by atoms with van der Waals surface area (Å²) in [5, 5.41) is 12.7. The van der Waals surface area contributed by atoms with Crippen molar-refractivity contribution in [2.24, 2.45) is 11.7 Å². The second-order valence-electron chi connectivity index (χ2n) is 8.79. The Bertz CT molecular complexity index is 812. The monoisotopic (exact) mass is 505 g/mol. The average Bonchev–Trinajstić information content (AvgIpc) is 2.78.